The highest BCUT2D eigenvalue weighted by atomic mass is 16.5. The van der Waals surface area contributed by atoms with E-state index in [1.807, 2.05) is 32.9 Å². The molecule has 0 aromatic carbocycles. The minimum absolute atomic E-state index is 0.0877. The lowest BCUT2D eigenvalue weighted by molar-refractivity contribution is -0.213. The summed E-state index contributed by atoms with van der Waals surface area (Å²) in [4.78, 5) is 56.7. The van der Waals surface area contributed by atoms with Crippen molar-refractivity contribution in [3.63, 3.8) is 0 Å². The number of nitrogens with one attached hydrogen (secondary N) is 1. The van der Waals surface area contributed by atoms with Gasteiger partial charge in [-0.05, 0) is 149 Å². The first kappa shape index (κ1) is 43.1. The lowest BCUT2D eigenvalue weighted by Crippen LogP contribution is -2.63. The van der Waals surface area contributed by atoms with Crippen LogP contribution in [-0.2, 0) is 23.9 Å². The van der Waals surface area contributed by atoms with Crippen molar-refractivity contribution < 1.29 is 29.0 Å². The third kappa shape index (κ3) is 7.35. The monoisotopic (exact) mass is 761 g/mol. The van der Waals surface area contributed by atoms with Crippen molar-refractivity contribution in [3.8, 4) is 0 Å². The summed E-state index contributed by atoms with van der Waals surface area (Å²) in [6, 6.07) is 0. The first-order chi connectivity index (χ1) is 25.7. The minimum atomic E-state index is -1.16. The van der Waals surface area contributed by atoms with Crippen LogP contribution in [0.25, 0.3) is 0 Å². The number of ether oxygens (including phenoxy) is 1. The molecule has 8 nitrogen and oxygen atoms in total. The minimum Gasteiger partial charge on any atom is -0.481 e. The second-order valence-electron chi connectivity index (χ2n) is 19.9. The van der Waals surface area contributed by atoms with E-state index in [9.17, 15) is 24.3 Å². The van der Waals surface area contributed by atoms with Crippen molar-refractivity contribution in [2.75, 3.05) is 7.05 Å². The second kappa shape index (κ2) is 15.4. The highest BCUT2D eigenvalue weighted by Crippen LogP contribution is 2.73. The highest BCUT2D eigenvalue weighted by Gasteiger charge is 2.66. The molecule has 0 radical (unpaired) electrons. The fourth-order valence-corrected chi connectivity index (χ4v) is 13.1. The van der Waals surface area contributed by atoms with Crippen LogP contribution in [0.2, 0.25) is 0 Å². The number of fused-ring (bicyclic) bond motifs is 7. The molecule has 2 N–H and O–H groups in total. The number of hydrogen-bond donors (Lipinski definition) is 2. The number of aliphatic imine (C=N–C) groups is 1. The molecule has 0 saturated heterocycles. The molecule has 306 valence electrons. The molecular formula is C47H72N2O6. The van der Waals surface area contributed by atoms with Crippen LogP contribution in [-0.4, -0.2) is 53.1 Å². The molecule has 6 rings (SSSR count). The molecule has 0 bridgehead atoms. The molecule has 6 aliphatic rings. The number of amides is 1. The standard InChI is InChI=1S/C45H66N2O6.C2H6/c1-11-12-33(46-10)45(23-24-45)47-35(49)18-22-44-21-15-29-28(38(44)37(27(2)3)30(48)25-44)13-14-32-42(29,8)19-16-31-41(6,7)34(17-20-43(31,32)9)53-36(50)26-40(4,5)39(51)52;1-2/h11-12,18,22,27-29,31-32,34H,13-17,19-21,23-26H2,1-10H3,(H,47,49)(H,51,52);1-2H3/b12-11-,22-18+,46-33?;. The largest absolute Gasteiger partial charge is 0.481 e. The van der Waals surface area contributed by atoms with E-state index in [1.165, 1.54) is 5.57 Å². The number of esters is 1. The van der Waals surface area contributed by atoms with Crippen molar-refractivity contribution in [3.05, 3.63) is 35.5 Å². The van der Waals surface area contributed by atoms with Crippen LogP contribution < -0.4 is 5.32 Å². The number of rotatable bonds is 10. The van der Waals surface area contributed by atoms with E-state index in [0.29, 0.717) is 30.1 Å². The molecule has 0 aliphatic heterocycles. The Labute approximate surface area is 331 Å². The summed E-state index contributed by atoms with van der Waals surface area (Å²) in [7, 11) is 1.78. The van der Waals surface area contributed by atoms with Crippen LogP contribution in [0, 0.1) is 56.7 Å². The predicted molar refractivity (Wildman–Crippen MR) is 219 cm³/mol. The van der Waals surface area contributed by atoms with Gasteiger partial charge in [0.1, 0.15) is 6.10 Å². The fraction of sp³-hybridized carbons (Fsp3) is 0.766. The van der Waals surface area contributed by atoms with Crippen molar-refractivity contribution in [2.45, 2.75) is 165 Å². The first-order valence-corrected chi connectivity index (χ1v) is 21.5. The number of carboxylic acids is 1. The van der Waals surface area contributed by atoms with Crippen LogP contribution >= 0.6 is 0 Å². The lowest BCUT2D eigenvalue weighted by Gasteiger charge is -2.68. The van der Waals surface area contributed by atoms with Gasteiger partial charge in [-0.25, -0.2) is 0 Å². The van der Waals surface area contributed by atoms with Gasteiger partial charge in [0, 0.05) is 24.3 Å². The maximum atomic E-state index is 14.0. The molecule has 6 aliphatic carbocycles. The van der Waals surface area contributed by atoms with Gasteiger partial charge in [-0.15, -0.1) is 0 Å². The molecule has 8 unspecified atom stereocenters. The number of carboxylic acid groups (broad SMARTS) is 1. The van der Waals surface area contributed by atoms with Crippen molar-refractivity contribution >= 4 is 29.3 Å². The van der Waals surface area contributed by atoms with Gasteiger partial charge in [-0.2, -0.15) is 0 Å². The van der Waals surface area contributed by atoms with Crippen LogP contribution in [0.3, 0.4) is 0 Å². The van der Waals surface area contributed by atoms with Crippen LogP contribution in [0.5, 0.6) is 0 Å². The molecule has 55 heavy (non-hydrogen) atoms. The number of carbonyl (C=O) groups excluding carboxylic acids is 3. The van der Waals surface area contributed by atoms with Crippen LogP contribution in [0.4, 0.5) is 0 Å². The van der Waals surface area contributed by atoms with Crippen LogP contribution in [0.1, 0.15) is 153 Å². The summed E-state index contributed by atoms with van der Waals surface area (Å²) in [5, 5.41) is 12.9. The zero-order valence-corrected chi connectivity index (χ0v) is 36.2. The summed E-state index contributed by atoms with van der Waals surface area (Å²) < 4.78 is 6.15. The van der Waals surface area contributed by atoms with Crippen LogP contribution in [0.15, 0.2) is 40.4 Å². The molecule has 1 amide bonds. The molecule has 0 aromatic heterocycles. The van der Waals surface area contributed by atoms with Gasteiger partial charge >= 0.3 is 11.9 Å². The molecule has 0 aromatic rings. The van der Waals surface area contributed by atoms with E-state index >= 15 is 0 Å². The van der Waals surface area contributed by atoms with Crippen molar-refractivity contribution in [2.24, 2.45) is 61.7 Å². The first-order valence-electron chi connectivity index (χ1n) is 21.5. The molecule has 8 atom stereocenters. The Morgan fingerprint density at radius 1 is 0.927 bits per heavy atom. The smallest absolute Gasteiger partial charge is 0.309 e. The van der Waals surface area contributed by atoms with Gasteiger partial charge in [0.25, 0.3) is 0 Å². The predicted octanol–water partition coefficient (Wildman–Crippen LogP) is 9.87. The summed E-state index contributed by atoms with van der Waals surface area (Å²) in [6.07, 6.45) is 17.7. The van der Waals surface area contributed by atoms with Gasteiger partial charge in [-0.1, -0.05) is 67.5 Å². The van der Waals surface area contributed by atoms with Gasteiger partial charge in [0.2, 0.25) is 5.91 Å². The average Bonchev–Trinajstić information content (AvgIpc) is 3.81. The number of allylic oxidation sites excluding steroid dienone is 4. The second-order valence-corrected chi connectivity index (χ2v) is 19.9. The summed E-state index contributed by atoms with van der Waals surface area (Å²) in [6.45, 7) is 23.1. The zero-order chi connectivity index (χ0) is 40.9. The van der Waals surface area contributed by atoms with Crippen molar-refractivity contribution in [1.82, 2.24) is 5.32 Å². The van der Waals surface area contributed by atoms with E-state index in [2.05, 4.69) is 57.9 Å². The van der Waals surface area contributed by atoms with Gasteiger partial charge in [0.15, 0.2) is 5.78 Å². The number of carbonyl (C=O) groups is 4. The maximum absolute atomic E-state index is 14.0. The Morgan fingerprint density at radius 3 is 2.16 bits per heavy atom. The van der Waals surface area contributed by atoms with E-state index in [1.54, 1.807) is 27.0 Å². The molecule has 5 saturated carbocycles. The Morgan fingerprint density at radius 2 is 1.58 bits per heavy atom. The summed E-state index contributed by atoms with van der Waals surface area (Å²) in [5.74, 6) is 0.584. The third-order valence-electron chi connectivity index (χ3n) is 15.7. The number of hydrogen-bond acceptors (Lipinski definition) is 6. The Kier molecular flexibility index (Phi) is 12.1. The molecule has 8 heteroatoms. The highest BCUT2D eigenvalue weighted by molar-refractivity contribution is 6.08. The number of ketones is 1. The normalized spacial score (nSPS) is 36.3. The van der Waals surface area contributed by atoms with E-state index in [-0.39, 0.29) is 51.9 Å². The third-order valence-corrected chi connectivity index (χ3v) is 15.7. The summed E-state index contributed by atoms with van der Waals surface area (Å²) in [5.41, 5.74) is 1.29. The number of Topliss-reactive ketones (excluding diaryl/α,β-unsaturated/α-hetero) is 1. The summed E-state index contributed by atoms with van der Waals surface area (Å²) >= 11 is 0. The zero-order valence-electron chi connectivity index (χ0n) is 36.2. The maximum Gasteiger partial charge on any atom is 0.309 e. The van der Waals surface area contributed by atoms with E-state index in [0.717, 1.165) is 75.5 Å². The topological polar surface area (TPSA) is 122 Å². The quantitative estimate of drug-likeness (QED) is 0.130. The average molecular weight is 761 g/mol. The van der Waals surface area contributed by atoms with Gasteiger partial charge < -0.3 is 15.2 Å². The SMILES string of the molecule is C/C=C\C(=NC)C1(NC(=O)/C=C/C23CCC4C(CCC5C4(C)CCC4C(C)(C)C(OC(=O)CC(C)(C)C(=O)O)CCC45C)C2=C(C(C)C)C(=O)C3)CC1.CC. The molecule has 0 heterocycles. The van der Waals surface area contributed by atoms with Gasteiger partial charge in [0.05, 0.1) is 23.1 Å². The lowest BCUT2D eigenvalue weighted by atomic mass is 9.36. The number of aliphatic carboxylic acids is 1. The van der Waals surface area contributed by atoms with Crippen molar-refractivity contribution in [1.29, 1.82) is 0 Å². The molecular weight excluding hydrogens is 689 g/mol. The molecule has 5 fully saturated rings. The molecule has 0 spiro atoms. The number of nitrogens with zero attached hydrogens (tertiary/aromatic N) is 1. The fourth-order valence-electron chi connectivity index (χ4n) is 13.1. The van der Waals surface area contributed by atoms with Gasteiger partial charge in [-0.3, -0.25) is 24.2 Å². The Bertz CT molecular complexity index is 1660. The Balaban J connectivity index is 0.00000285. The van der Waals surface area contributed by atoms with E-state index < -0.39 is 22.8 Å². The Hall–Kier alpha value is -3.03. The van der Waals surface area contributed by atoms with E-state index in [4.69, 9.17) is 4.74 Å².